The number of ether oxygens (including phenoxy) is 3. The number of esters is 1. The largest absolute Gasteiger partial charge is 0.463 e. The van der Waals surface area contributed by atoms with E-state index in [0.717, 1.165) is 10.0 Å². The van der Waals surface area contributed by atoms with Crippen molar-refractivity contribution in [2.75, 3.05) is 13.4 Å². The number of benzene rings is 2. The van der Waals surface area contributed by atoms with E-state index in [1.54, 1.807) is 32.1 Å². The zero-order chi connectivity index (χ0) is 26.4. The summed E-state index contributed by atoms with van der Waals surface area (Å²) in [7, 11) is 0. The van der Waals surface area contributed by atoms with Crippen LogP contribution in [-0.2, 0) is 9.53 Å². The molecule has 0 radical (unpaired) electrons. The van der Waals surface area contributed by atoms with Gasteiger partial charge in [-0.05, 0) is 55.8 Å². The summed E-state index contributed by atoms with van der Waals surface area (Å²) in [6.45, 7) is 3.81. The van der Waals surface area contributed by atoms with Gasteiger partial charge in [0.1, 0.15) is 11.5 Å². The first-order chi connectivity index (χ1) is 18.4. The maximum absolute atomic E-state index is 13.8. The van der Waals surface area contributed by atoms with Crippen LogP contribution >= 0.6 is 27.3 Å². The van der Waals surface area contributed by atoms with Crippen LogP contribution in [-0.4, -0.2) is 23.9 Å². The number of furan rings is 1. The van der Waals surface area contributed by atoms with E-state index in [-0.39, 0.29) is 19.0 Å². The Morgan fingerprint density at radius 2 is 2.03 bits per heavy atom. The SMILES string of the molecule is CCOC(=O)C1=C(C)N=c2s/c(=C/c3ccc(-c4cccc(Br)c4)o3)c(=O)n2C1c1ccc2c(c1)OCO2. The molecular weight excluding hydrogens is 572 g/mol. The Labute approximate surface area is 229 Å². The molecule has 4 heterocycles. The van der Waals surface area contributed by atoms with E-state index in [0.29, 0.717) is 49.2 Å². The summed E-state index contributed by atoms with van der Waals surface area (Å²) < 4.78 is 25.3. The van der Waals surface area contributed by atoms with Crippen LogP contribution in [0.5, 0.6) is 11.5 Å². The summed E-state index contributed by atoms with van der Waals surface area (Å²) >= 11 is 4.72. The van der Waals surface area contributed by atoms with Gasteiger partial charge in [0.2, 0.25) is 6.79 Å². The van der Waals surface area contributed by atoms with Crippen molar-refractivity contribution in [3.8, 4) is 22.8 Å². The molecule has 0 spiro atoms. The van der Waals surface area contributed by atoms with E-state index in [4.69, 9.17) is 18.6 Å². The highest BCUT2D eigenvalue weighted by molar-refractivity contribution is 9.10. The lowest BCUT2D eigenvalue weighted by atomic mass is 9.95. The third kappa shape index (κ3) is 4.29. The van der Waals surface area contributed by atoms with Crippen molar-refractivity contribution in [3.63, 3.8) is 0 Å². The number of nitrogens with zero attached hydrogens (tertiary/aromatic N) is 2. The van der Waals surface area contributed by atoms with Crippen molar-refractivity contribution in [1.29, 1.82) is 0 Å². The minimum atomic E-state index is -0.740. The number of hydrogen-bond donors (Lipinski definition) is 0. The van der Waals surface area contributed by atoms with Gasteiger partial charge >= 0.3 is 5.97 Å². The second-order valence-corrected chi connectivity index (χ2v) is 10.6. The molecule has 0 saturated heterocycles. The second kappa shape index (κ2) is 9.77. The van der Waals surface area contributed by atoms with E-state index in [1.165, 1.54) is 15.9 Å². The number of rotatable bonds is 5. The van der Waals surface area contributed by atoms with Crippen molar-refractivity contribution < 1.29 is 23.4 Å². The van der Waals surface area contributed by atoms with Gasteiger partial charge < -0.3 is 18.6 Å². The zero-order valence-corrected chi connectivity index (χ0v) is 22.8. The van der Waals surface area contributed by atoms with E-state index < -0.39 is 12.0 Å². The summed E-state index contributed by atoms with van der Waals surface area (Å²) in [5, 5.41) is 0. The fraction of sp³-hybridized carbons (Fsp3) is 0.179. The molecule has 2 aromatic carbocycles. The number of allylic oxidation sites excluding steroid dienone is 1. The lowest BCUT2D eigenvalue weighted by Gasteiger charge is -2.24. The summed E-state index contributed by atoms with van der Waals surface area (Å²) in [6, 6.07) is 16.1. The highest BCUT2D eigenvalue weighted by atomic mass is 79.9. The van der Waals surface area contributed by atoms with Gasteiger partial charge in [0.15, 0.2) is 16.3 Å². The molecule has 0 N–H and O–H groups in total. The number of thiazole rings is 1. The maximum atomic E-state index is 13.8. The number of fused-ring (bicyclic) bond motifs is 2. The number of carbonyl (C=O) groups is 1. The highest BCUT2D eigenvalue weighted by Crippen LogP contribution is 2.38. The molecule has 2 aliphatic rings. The Bertz CT molecular complexity index is 1800. The predicted molar refractivity (Wildman–Crippen MR) is 145 cm³/mol. The lowest BCUT2D eigenvalue weighted by molar-refractivity contribution is -0.139. The number of aromatic nitrogens is 1. The monoisotopic (exact) mass is 592 g/mol. The van der Waals surface area contributed by atoms with Gasteiger partial charge in [-0.3, -0.25) is 9.36 Å². The number of hydrogen-bond acceptors (Lipinski definition) is 8. The standard InChI is InChI=1S/C28H21BrN2O6S/c1-3-34-27(33)24-15(2)30-28-31(25(24)17-7-9-21-22(12-17)36-14-35-21)26(32)23(38-28)13-19-8-10-20(37-19)16-5-4-6-18(29)11-16/h4-13,25H,3,14H2,1-2H3/b23-13+. The second-order valence-electron chi connectivity index (χ2n) is 8.63. The molecule has 6 rings (SSSR count). The minimum absolute atomic E-state index is 0.117. The van der Waals surface area contributed by atoms with Gasteiger partial charge in [-0.15, -0.1) is 0 Å². The van der Waals surface area contributed by atoms with Crippen LogP contribution < -0.4 is 24.4 Å². The van der Waals surface area contributed by atoms with Crippen molar-refractivity contribution in [3.05, 3.63) is 101 Å². The Morgan fingerprint density at radius 3 is 2.84 bits per heavy atom. The molecule has 0 aliphatic carbocycles. The molecule has 1 atom stereocenters. The summed E-state index contributed by atoms with van der Waals surface area (Å²) in [5.74, 6) is 1.86. The Balaban J connectivity index is 1.48. The quantitative estimate of drug-likeness (QED) is 0.316. The summed E-state index contributed by atoms with van der Waals surface area (Å²) in [4.78, 5) is 32.0. The Hall–Kier alpha value is -3.89. The first-order valence-electron chi connectivity index (χ1n) is 11.9. The summed E-state index contributed by atoms with van der Waals surface area (Å²) in [5.41, 5.74) is 2.12. The van der Waals surface area contributed by atoms with Crippen LogP contribution in [0, 0.1) is 0 Å². The first kappa shape index (κ1) is 24.4. The van der Waals surface area contributed by atoms with E-state index in [9.17, 15) is 9.59 Å². The molecule has 8 nitrogen and oxygen atoms in total. The van der Waals surface area contributed by atoms with Gasteiger partial charge in [-0.1, -0.05) is 45.5 Å². The Morgan fingerprint density at radius 1 is 1.18 bits per heavy atom. The van der Waals surface area contributed by atoms with Crippen LogP contribution in [0.2, 0.25) is 0 Å². The number of carbonyl (C=O) groups excluding carboxylic acids is 1. The van der Waals surface area contributed by atoms with Crippen LogP contribution in [0.1, 0.15) is 31.2 Å². The first-order valence-corrected chi connectivity index (χ1v) is 13.5. The normalized spacial score (nSPS) is 16.4. The molecular formula is C28H21BrN2O6S. The van der Waals surface area contributed by atoms with Gasteiger partial charge in [0.25, 0.3) is 5.56 Å². The van der Waals surface area contributed by atoms with Gasteiger partial charge in [0, 0.05) is 16.1 Å². The fourth-order valence-electron chi connectivity index (χ4n) is 4.55. The molecule has 1 unspecified atom stereocenters. The fourth-order valence-corrected chi connectivity index (χ4v) is 5.97. The molecule has 0 amide bonds. The third-order valence-electron chi connectivity index (χ3n) is 6.24. The third-order valence-corrected chi connectivity index (χ3v) is 7.71. The van der Waals surface area contributed by atoms with Crippen LogP contribution in [0.15, 0.2) is 84.5 Å². The van der Waals surface area contributed by atoms with Crippen molar-refractivity contribution >= 4 is 39.3 Å². The average Bonchev–Trinajstić information content (AvgIpc) is 3.63. The topological polar surface area (TPSA) is 92.3 Å². The smallest absolute Gasteiger partial charge is 0.338 e. The predicted octanol–water partition coefficient (Wildman–Crippen LogP) is 4.55. The van der Waals surface area contributed by atoms with Gasteiger partial charge in [-0.2, -0.15) is 0 Å². The Kier molecular flexibility index (Phi) is 6.29. The molecule has 0 fully saturated rings. The molecule has 2 aliphatic heterocycles. The van der Waals surface area contributed by atoms with Crippen LogP contribution in [0.3, 0.4) is 0 Å². The zero-order valence-electron chi connectivity index (χ0n) is 20.4. The lowest BCUT2D eigenvalue weighted by Crippen LogP contribution is -2.39. The van der Waals surface area contributed by atoms with Crippen LogP contribution in [0.25, 0.3) is 17.4 Å². The van der Waals surface area contributed by atoms with E-state index in [2.05, 4.69) is 20.9 Å². The maximum Gasteiger partial charge on any atom is 0.338 e. The van der Waals surface area contributed by atoms with Crippen molar-refractivity contribution in [2.24, 2.45) is 4.99 Å². The molecule has 192 valence electrons. The van der Waals surface area contributed by atoms with Gasteiger partial charge in [-0.25, -0.2) is 9.79 Å². The number of halogens is 1. The minimum Gasteiger partial charge on any atom is -0.463 e. The van der Waals surface area contributed by atoms with Crippen molar-refractivity contribution in [2.45, 2.75) is 19.9 Å². The molecule has 2 aromatic heterocycles. The average molecular weight is 593 g/mol. The summed E-state index contributed by atoms with van der Waals surface area (Å²) in [6.07, 6.45) is 1.70. The van der Waals surface area contributed by atoms with Crippen molar-refractivity contribution in [1.82, 2.24) is 4.57 Å². The van der Waals surface area contributed by atoms with Crippen LogP contribution in [0.4, 0.5) is 0 Å². The molecule has 4 aromatic rings. The molecule has 10 heteroatoms. The molecule has 0 saturated carbocycles. The molecule has 38 heavy (non-hydrogen) atoms. The highest BCUT2D eigenvalue weighted by Gasteiger charge is 2.34. The van der Waals surface area contributed by atoms with Gasteiger partial charge in [0.05, 0.1) is 28.5 Å². The molecule has 0 bridgehead atoms. The van der Waals surface area contributed by atoms with E-state index in [1.807, 2.05) is 42.5 Å². The van der Waals surface area contributed by atoms with E-state index >= 15 is 0 Å².